The molecule has 3 N–H and O–H groups in total. The van der Waals surface area contributed by atoms with Crippen molar-refractivity contribution in [1.82, 2.24) is 4.90 Å². The maximum absolute atomic E-state index is 12.2. The van der Waals surface area contributed by atoms with Gasteiger partial charge in [-0.3, -0.25) is 0 Å². The van der Waals surface area contributed by atoms with Gasteiger partial charge >= 0.3 is 6.03 Å². The zero-order chi connectivity index (χ0) is 16.3. The summed E-state index contributed by atoms with van der Waals surface area (Å²) < 4.78 is 5.61. The van der Waals surface area contributed by atoms with Crippen molar-refractivity contribution in [3.8, 4) is 11.8 Å². The molecule has 1 heterocycles. The first-order chi connectivity index (χ1) is 10.4. The van der Waals surface area contributed by atoms with Crippen LogP contribution in [0.4, 0.5) is 10.5 Å². The number of carbonyl (C=O) groups excluding carboxylic acids is 1. The summed E-state index contributed by atoms with van der Waals surface area (Å²) in [5, 5.41) is 30.6. The van der Waals surface area contributed by atoms with Crippen molar-refractivity contribution >= 4 is 11.7 Å². The maximum Gasteiger partial charge on any atom is 0.322 e. The number of hydrogen-bond acceptors (Lipinski definition) is 5. The second-order valence-corrected chi connectivity index (χ2v) is 5.46. The molecular formula is C15H19N3O4. The van der Waals surface area contributed by atoms with Crippen molar-refractivity contribution in [2.75, 3.05) is 18.4 Å². The summed E-state index contributed by atoms with van der Waals surface area (Å²) in [5.74, 6) is 0.461. The number of nitrogens with zero attached hydrogens (tertiary/aromatic N) is 2. The molecule has 0 radical (unpaired) electrons. The first kappa shape index (κ1) is 16.1. The lowest BCUT2D eigenvalue weighted by Gasteiger charge is -2.19. The van der Waals surface area contributed by atoms with E-state index < -0.39 is 18.2 Å². The Bertz CT molecular complexity index is 587. The van der Waals surface area contributed by atoms with E-state index in [-0.39, 0.29) is 19.2 Å². The molecule has 0 saturated carbocycles. The van der Waals surface area contributed by atoms with Gasteiger partial charge < -0.3 is 25.2 Å². The van der Waals surface area contributed by atoms with Crippen LogP contribution in [-0.2, 0) is 0 Å². The highest BCUT2D eigenvalue weighted by Gasteiger charge is 2.32. The highest BCUT2D eigenvalue weighted by Crippen LogP contribution is 2.27. The average molecular weight is 305 g/mol. The number of nitriles is 1. The predicted molar refractivity (Wildman–Crippen MR) is 79.5 cm³/mol. The van der Waals surface area contributed by atoms with Gasteiger partial charge in [-0.05, 0) is 32.0 Å². The van der Waals surface area contributed by atoms with E-state index in [0.717, 1.165) is 0 Å². The van der Waals surface area contributed by atoms with Gasteiger partial charge in [0, 0.05) is 0 Å². The van der Waals surface area contributed by atoms with E-state index in [1.807, 2.05) is 19.9 Å². The Morgan fingerprint density at radius 1 is 1.41 bits per heavy atom. The number of aliphatic hydroxyl groups excluding tert-OH is 2. The fourth-order valence-electron chi connectivity index (χ4n) is 2.18. The number of rotatable bonds is 3. The van der Waals surface area contributed by atoms with Gasteiger partial charge in [-0.25, -0.2) is 4.79 Å². The lowest BCUT2D eigenvalue weighted by Crippen LogP contribution is -2.34. The number of β-amino-alcohol motifs (C(OH)–C–C–N with tert-alkyl or cyclic N) is 2. The van der Waals surface area contributed by atoms with E-state index in [0.29, 0.717) is 17.0 Å². The predicted octanol–water partition coefficient (Wildman–Crippen LogP) is 0.915. The standard InChI is InChI=1S/C15H19N3O4/c1-9(2)22-14-4-3-10(6-16)5-11(14)17-15(21)18-7-12(19)13(20)8-18/h3-5,9,12-13,19-20H,7-8H2,1-2H3,(H,17,21)/t12-,13+. The molecule has 1 aromatic rings. The van der Waals surface area contributed by atoms with Crippen LogP contribution < -0.4 is 10.1 Å². The Balaban J connectivity index is 2.17. The van der Waals surface area contributed by atoms with Crippen molar-refractivity contribution in [2.24, 2.45) is 0 Å². The maximum atomic E-state index is 12.2. The number of carbonyl (C=O) groups is 1. The minimum absolute atomic E-state index is 0.0608. The van der Waals surface area contributed by atoms with Crippen LogP contribution in [0.3, 0.4) is 0 Å². The zero-order valence-corrected chi connectivity index (χ0v) is 12.5. The van der Waals surface area contributed by atoms with E-state index in [1.165, 1.54) is 11.0 Å². The molecule has 0 aromatic heterocycles. The highest BCUT2D eigenvalue weighted by molar-refractivity contribution is 5.91. The number of urea groups is 1. The molecule has 0 aliphatic carbocycles. The Hall–Kier alpha value is -2.30. The quantitative estimate of drug-likeness (QED) is 0.770. The minimum atomic E-state index is -0.942. The van der Waals surface area contributed by atoms with E-state index in [2.05, 4.69) is 5.32 Å². The monoisotopic (exact) mass is 305 g/mol. The fraction of sp³-hybridized carbons (Fsp3) is 0.467. The lowest BCUT2D eigenvalue weighted by atomic mass is 10.2. The largest absolute Gasteiger partial charge is 0.489 e. The molecule has 0 unspecified atom stereocenters. The fourth-order valence-corrected chi connectivity index (χ4v) is 2.18. The second-order valence-electron chi connectivity index (χ2n) is 5.46. The van der Waals surface area contributed by atoms with E-state index >= 15 is 0 Å². The molecule has 118 valence electrons. The molecule has 22 heavy (non-hydrogen) atoms. The van der Waals surface area contributed by atoms with Crippen LogP contribution in [0, 0.1) is 11.3 Å². The second kappa shape index (κ2) is 6.64. The molecule has 0 bridgehead atoms. The average Bonchev–Trinajstić information content (AvgIpc) is 2.80. The number of amides is 2. The summed E-state index contributed by atoms with van der Waals surface area (Å²) in [6.07, 6.45) is -1.97. The molecule has 2 atom stereocenters. The van der Waals surface area contributed by atoms with Gasteiger partial charge in [0.2, 0.25) is 0 Å². The van der Waals surface area contributed by atoms with Gasteiger partial charge in [0.25, 0.3) is 0 Å². The molecule has 7 heteroatoms. The van der Waals surface area contributed by atoms with Gasteiger partial charge in [0.05, 0.1) is 48.7 Å². The van der Waals surface area contributed by atoms with Gasteiger partial charge in [0.1, 0.15) is 5.75 Å². The molecule has 1 fully saturated rings. The SMILES string of the molecule is CC(C)Oc1ccc(C#N)cc1NC(=O)N1C[C@@H](O)[C@@H](O)C1. The Kier molecular flexibility index (Phi) is 4.85. The van der Waals surface area contributed by atoms with Crippen molar-refractivity contribution in [3.05, 3.63) is 23.8 Å². The normalized spacial score (nSPS) is 20.8. The van der Waals surface area contributed by atoms with Gasteiger partial charge in [0.15, 0.2) is 0 Å². The van der Waals surface area contributed by atoms with Crippen LogP contribution in [-0.4, -0.2) is 52.5 Å². The first-order valence-corrected chi connectivity index (χ1v) is 7.03. The van der Waals surface area contributed by atoms with Gasteiger partial charge in [-0.2, -0.15) is 5.26 Å². The number of hydrogen-bond donors (Lipinski definition) is 3. The van der Waals surface area contributed by atoms with Crippen molar-refractivity contribution in [1.29, 1.82) is 5.26 Å². The Morgan fingerprint density at radius 3 is 2.59 bits per heavy atom. The molecule has 1 aliphatic rings. The lowest BCUT2D eigenvalue weighted by molar-refractivity contribution is 0.0572. The Morgan fingerprint density at radius 2 is 2.05 bits per heavy atom. The van der Waals surface area contributed by atoms with Gasteiger partial charge in [-0.1, -0.05) is 0 Å². The summed E-state index contributed by atoms with van der Waals surface area (Å²) in [6, 6.07) is 6.31. The number of aliphatic hydroxyl groups is 2. The summed E-state index contributed by atoms with van der Waals surface area (Å²) in [4.78, 5) is 13.5. The number of benzene rings is 1. The molecule has 2 amide bonds. The number of nitrogens with one attached hydrogen (secondary N) is 1. The molecule has 0 spiro atoms. The number of anilines is 1. The minimum Gasteiger partial charge on any atom is -0.489 e. The van der Waals surface area contributed by atoms with E-state index in [1.54, 1.807) is 12.1 Å². The third-order valence-corrected chi connectivity index (χ3v) is 3.26. The smallest absolute Gasteiger partial charge is 0.322 e. The molecule has 2 rings (SSSR count). The zero-order valence-electron chi connectivity index (χ0n) is 12.5. The summed E-state index contributed by atoms with van der Waals surface area (Å²) >= 11 is 0. The molecule has 1 aromatic carbocycles. The van der Waals surface area contributed by atoms with Crippen LogP contribution in [0.1, 0.15) is 19.4 Å². The third kappa shape index (κ3) is 3.67. The van der Waals surface area contributed by atoms with Gasteiger partial charge in [-0.15, -0.1) is 0 Å². The molecule has 1 aliphatic heterocycles. The first-order valence-electron chi connectivity index (χ1n) is 7.03. The van der Waals surface area contributed by atoms with E-state index in [9.17, 15) is 15.0 Å². The van der Waals surface area contributed by atoms with E-state index in [4.69, 9.17) is 10.00 Å². The number of likely N-dealkylation sites (tertiary alicyclic amines) is 1. The van der Waals surface area contributed by atoms with Crippen LogP contribution in [0.2, 0.25) is 0 Å². The summed E-state index contributed by atoms with van der Waals surface area (Å²) in [6.45, 7) is 3.84. The van der Waals surface area contributed by atoms with Crippen LogP contribution in [0.15, 0.2) is 18.2 Å². The Labute approximate surface area is 128 Å². The highest BCUT2D eigenvalue weighted by atomic mass is 16.5. The summed E-state index contributed by atoms with van der Waals surface area (Å²) in [7, 11) is 0. The summed E-state index contributed by atoms with van der Waals surface area (Å²) in [5.41, 5.74) is 0.779. The van der Waals surface area contributed by atoms with Crippen LogP contribution in [0.5, 0.6) is 5.75 Å². The topological polar surface area (TPSA) is 106 Å². The van der Waals surface area contributed by atoms with Crippen molar-refractivity contribution in [2.45, 2.75) is 32.2 Å². The van der Waals surface area contributed by atoms with Crippen LogP contribution in [0.25, 0.3) is 0 Å². The molecule has 1 saturated heterocycles. The van der Waals surface area contributed by atoms with Crippen molar-refractivity contribution in [3.63, 3.8) is 0 Å². The number of ether oxygens (including phenoxy) is 1. The molecular weight excluding hydrogens is 286 g/mol. The van der Waals surface area contributed by atoms with Crippen LogP contribution >= 0.6 is 0 Å². The van der Waals surface area contributed by atoms with Crippen molar-refractivity contribution < 1.29 is 19.7 Å². The molecule has 7 nitrogen and oxygen atoms in total. The third-order valence-electron chi connectivity index (χ3n) is 3.26.